The molecule has 1 unspecified atom stereocenters. The smallest absolute Gasteiger partial charge is 0.184 e. The molecule has 0 radical (unpaired) electrons. The summed E-state index contributed by atoms with van der Waals surface area (Å²) >= 11 is 0. The van der Waals surface area contributed by atoms with E-state index in [1.807, 2.05) is 19.1 Å². The van der Waals surface area contributed by atoms with Gasteiger partial charge >= 0.3 is 0 Å². The lowest BCUT2D eigenvalue weighted by atomic mass is 10.1. The SMILES string of the molecule is CCc1cccc2c1NCC(C)S2(=O)=O. The van der Waals surface area contributed by atoms with Crippen molar-refractivity contribution in [2.45, 2.75) is 30.4 Å². The first-order valence-corrected chi connectivity index (χ1v) is 6.71. The van der Waals surface area contributed by atoms with Gasteiger partial charge < -0.3 is 5.32 Å². The van der Waals surface area contributed by atoms with E-state index in [-0.39, 0.29) is 5.25 Å². The fourth-order valence-electron chi connectivity index (χ4n) is 1.88. The van der Waals surface area contributed by atoms with Crippen molar-refractivity contribution >= 4 is 15.5 Å². The quantitative estimate of drug-likeness (QED) is 0.793. The van der Waals surface area contributed by atoms with E-state index in [0.29, 0.717) is 11.4 Å². The Hall–Kier alpha value is -1.03. The number of benzene rings is 1. The summed E-state index contributed by atoms with van der Waals surface area (Å²) < 4.78 is 24.1. The Morgan fingerprint density at radius 1 is 1.47 bits per heavy atom. The molecule has 1 heterocycles. The van der Waals surface area contributed by atoms with Crippen LogP contribution in [-0.4, -0.2) is 20.2 Å². The number of aryl methyl sites for hydroxylation is 1. The van der Waals surface area contributed by atoms with Crippen LogP contribution < -0.4 is 5.32 Å². The molecule has 1 atom stereocenters. The predicted molar refractivity (Wildman–Crippen MR) is 61.0 cm³/mol. The maximum absolute atomic E-state index is 12.0. The Bertz CT molecular complexity index is 479. The van der Waals surface area contributed by atoms with Crippen LogP contribution in [0.25, 0.3) is 0 Å². The maximum Gasteiger partial charge on any atom is 0.184 e. The summed E-state index contributed by atoms with van der Waals surface area (Å²) in [5, 5.41) is 2.87. The Balaban J connectivity index is 2.67. The minimum Gasteiger partial charge on any atom is -0.382 e. The summed E-state index contributed by atoms with van der Waals surface area (Å²) in [4.78, 5) is 0.459. The molecule has 1 aromatic rings. The van der Waals surface area contributed by atoms with Crippen LogP contribution in [0.1, 0.15) is 19.4 Å². The van der Waals surface area contributed by atoms with Gasteiger partial charge in [-0.3, -0.25) is 0 Å². The normalized spacial score (nSPS) is 22.9. The summed E-state index contributed by atoms with van der Waals surface area (Å²) in [5.41, 5.74) is 1.88. The average Bonchev–Trinajstić information content (AvgIpc) is 2.23. The van der Waals surface area contributed by atoms with Crippen LogP contribution in [0.2, 0.25) is 0 Å². The molecule has 0 bridgehead atoms. The number of anilines is 1. The third kappa shape index (κ3) is 1.53. The van der Waals surface area contributed by atoms with E-state index in [1.54, 1.807) is 13.0 Å². The van der Waals surface area contributed by atoms with Gasteiger partial charge in [-0.1, -0.05) is 19.1 Å². The lowest BCUT2D eigenvalue weighted by molar-refractivity contribution is 0.582. The molecule has 15 heavy (non-hydrogen) atoms. The lowest BCUT2D eigenvalue weighted by Gasteiger charge is -2.25. The number of fused-ring (bicyclic) bond motifs is 1. The number of hydrogen-bond acceptors (Lipinski definition) is 3. The highest BCUT2D eigenvalue weighted by Crippen LogP contribution is 2.32. The molecule has 0 saturated heterocycles. The van der Waals surface area contributed by atoms with Gasteiger partial charge in [-0.05, 0) is 25.0 Å². The fraction of sp³-hybridized carbons (Fsp3) is 0.455. The van der Waals surface area contributed by atoms with Gasteiger partial charge in [0.15, 0.2) is 9.84 Å². The van der Waals surface area contributed by atoms with Gasteiger partial charge in [0.2, 0.25) is 0 Å². The first-order chi connectivity index (χ1) is 7.07. The second-order valence-electron chi connectivity index (χ2n) is 3.88. The van der Waals surface area contributed by atoms with E-state index in [2.05, 4.69) is 5.32 Å². The zero-order chi connectivity index (χ0) is 11.1. The monoisotopic (exact) mass is 225 g/mol. The van der Waals surface area contributed by atoms with Crippen LogP contribution in [0.5, 0.6) is 0 Å². The van der Waals surface area contributed by atoms with E-state index < -0.39 is 9.84 Å². The van der Waals surface area contributed by atoms with E-state index in [9.17, 15) is 8.42 Å². The minimum atomic E-state index is -3.12. The number of rotatable bonds is 1. The van der Waals surface area contributed by atoms with Gasteiger partial charge in [0, 0.05) is 6.54 Å². The highest BCUT2D eigenvalue weighted by Gasteiger charge is 2.31. The molecule has 4 heteroatoms. The van der Waals surface area contributed by atoms with E-state index in [4.69, 9.17) is 0 Å². The van der Waals surface area contributed by atoms with Crippen molar-refractivity contribution in [1.82, 2.24) is 0 Å². The minimum absolute atomic E-state index is 0.336. The van der Waals surface area contributed by atoms with Crippen LogP contribution in [-0.2, 0) is 16.3 Å². The van der Waals surface area contributed by atoms with Crippen LogP contribution in [0, 0.1) is 0 Å². The number of nitrogens with one attached hydrogen (secondary N) is 1. The van der Waals surface area contributed by atoms with Gasteiger partial charge in [-0.2, -0.15) is 0 Å². The molecule has 1 aliphatic heterocycles. The largest absolute Gasteiger partial charge is 0.382 e. The summed E-state index contributed by atoms with van der Waals surface area (Å²) in [6, 6.07) is 5.47. The van der Waals surface area contributed by atoms with E-state index in [1.165, 1.54) is 0 Å². The molecular formula is C11H15NO2S. The zero-order valence-electron chi connectivity index (χ0n) is 8.95. The highest BCUT2D eigenvalue weighted by atomic mass is 32.2. The van der Waals surface area contributed by atoms with Crippen molar-refractivity contribution in [3.8, 4) is 0 Å². The van der Waals surface area contributed by atoms with Gasteiger partial charge in [0.25, 0.3) is 0 Å². The van der Waals surface area contributed by atoms with Crippen molar-refractivity contribution in [3.63, 3.8) is 0 Å². The molecule has 0 aliphatic carbocycles. The van der Waals surface area contributed by atoms with Gasteiger partial charge in [-0.25, -0.2) is 8.42 Å². The van der Waals surface area contributed by atoms with Gasteiger partial charge in [0.1, 0.15) is 0 Å². The molecule has 0 saturated carbocycles. The Kier molecular flexibility index (Phi) is 2.46. The van der Waals surface area contributed by atoms with E-state index >= 15 is 0 Å². The van der Waals surface area contributed by atoms with Crippen LogP contribution in [0.4, 0.5) is 5.69 Å². The number of para-hydroxylation sites is 1. The van der Waals surface area contributed by atoms with Crippen LogP contribution >= 0.6 is 0 Å². The molecular weight excluding hydrogens is 210 g/mol. The number of hydrogen-bond donors (Lipinski definition) is 1. The third-order valence-corrected chi connectivity index (χ3v) is 5.08. The van der Waals surface area contributed by atoms with Crippen LogP contribution in [0.3, 0.4) is 0 Å². The summed E-state index contributed by atoms with van der Waals surface area (Å²) in [7, 11) is -3.12. The molecule has 0 fully saturated rings. The van der Waals surface area contributed by atoms with Gasteiger partial charge in [-0.15, -0.1) is 0 Å². The first kappa shape index (κ1) is 10.5. The zero-order valence-corrected chi connectivity index (χ0v) is 9.76. The van der Waals surface area contributed by atoms with Crippen molar-refractivity contribution in [1.29, 1.82) is 0 Å². The van der Waals surface area contributed by atoms with Crippen molar-refractivity contribution in [2.24, 2.45) is 0 Å². The molecule has 2 rings (SSSR count). The first-order valence-electron chi connectivity index (χ1n) is 5.17. The third-order valence-electron chi connectivity index (χ3n) is 2.90. The number of sulfone groups is 1. The molecule has 82 valence electrons. The van der Waals surface area contributed by atoms with Crippen molar-refractivity contribution in [2.75, 3.05) is 11.9 Å². The van der Waals surface area contributed by atoms with Crippen LogP contribution in [0.15, 0.2) is 23.1 Å². The average molecular weight is 225 g/mol. The molecule has 0 aromatic heterocycles. The fourth-order valence-corrected chi connectivity index (χ4v) is 3.37. The molecule has 1 aliphatic rings. The molecule has 0 spiro atoms. The highest BCUT2D eigenvalue weighted by molar-refractivity contribution is 7.92. The lowest BCUT2D eigenvalue weighted by Crippen LogP contribution is -2.32. The topological polar surface area (TPSA) is 46.2 Å². The van der Waals surface area contributed by atoms with E-state index in [0.717, 1.165) is 17.7 Å². The Morgan fingerprint density at radius 2 is 2.20 bits per heavy atom. The standard InChI is InChI=1S/C11H15NO2S/c1-3-9-5-4-6-10-11(9)12-7-8(2)15(10,13)14/h4-6,8,12H,3,7H2,1-2H3. The van der Waals surface area contributed by atoms with Crippen molar-refractivity contribution < 1.29 is 8.42 Å². The summed E-state index contributed by atoms with van der Waals surface area (Å²) in [6.45, 7) is 4.28. The summed E-state index contributed by atoms with van der Waals surface area (Å²) in [6.07, 6.45) is 0.847. The Morgan fingerprint density at radius 3 is 2.87 bits per heavy atom. The maximum atomic E-state index is 12.0. The predicted octanol–water partition coefficient (Wildman–Crippen LogP) is 1.84. The molecule has 1 aromatic carbocycles. The Labute approximate surface area is 90.4 Å². The summed E-state index contributed by atoms with van der Waals surface area (Å²) in [5.74, 6) is 0. The second kappa shape index (κ2) is 3.52. The second-order valence-corrected chi connectivity index (χ2v) is 6.21. The molecule has 0 amide bonds. The van der Waals surface area contributed by atoms with Gasteiger partial charge in [0.05, 0.1) is 15.8 Å². The van der Waals surface area contributed by atoms with Crippen molar-refractivity contribution in [3.05, 3.63) is 23.8 Å². The molecule has 1 N–H and O–H groups in total. The molecule has 3 nitrogen and oxygen atoms in total.